The minimum absolute atomic E-state index is 0.193. The molecule has 0 aliphatic rings. The fourth-order valence-electron chi connectivity index (χ4n) is 2.73. The summed E-state index contributed by atoms with van der Waals surface area (Å²) in [5, 5.41) is 55.9. The average Bonchev–Trinajstić information content (AvgIpc) is 3.23. The quantitative estimate of drug-likeness (QED) is 0.133. The van der Waals surface area contributed by atoms with Crippen LogP contribution < -0.4 is 5.32 Å². The van der Waals surface area contributed by atoms with Gasteiger partial charge in [0.15, 0.2) is 5.82 Å². The molecule has 2 aromatic carbocycles. The lowest BCUT2D eigenvalue weighted by Crippen LogP contribution is -2.59. The van der Waals surface area contributed by atoms with Gasteiger partial charge in [0, 0.05) is 30.7 Å². The Balaban J connectivity index is 0.000000292. The molecule has 14 heteroatoms. The van der Waals surface area contributed by atoms with E-state index in [1.165, 1.54) is 22.7 Å². The van der Waals surface area contributed by atoms with Crippen LogP contribution in [-0.2, 0) is 4.79 Å². The summed E-state index contributed by atoms with van der Waals surface area (Å²) in [6.45, 7) is 0. The molecule has 0 saturated heterocycles. The molecular formula is C21H21FN6O7. The van der Waals surface area contributed by atoms with Crippen molar-refractivity contribution in [3.05, 3.63) is 66.7 Å². The zero-order chi connectivity index (χ0) is 25.8. The van der Waals surface area contributed by atoms with Gasteiger partial charge in [-0.25, -0.2) is 13.9 Å². The molecule has 4 aromatic rings. The maximum atomic E-state index is 14.1. The average molecular weight is 488 g/mol. The van der Waals surface area contributed by atoms with Gasteiger partial charge in [-0.05, 0) is 23.8 Å². The monoisotopic (exact) mass is 488 g/mol. The molecule has 1 amide bonds. The van der Waals surface area contributed by atoms with E-state index in [4.69, 9.17) is 30.6 Å². The van der Waals surface area contributed by atoms with Crippen LogP contribution in [0.4, 0.5) is 10.1 Å². The molecule has 0 spiro atoms. The predicted octanol–water partition coefficient (Wildman–Crippen LogP) is -0.740. The fourth-order valence-corrected chi connectivity index (χ4v) is 2.73. The molecule has 0 radical (unpaired) electrons. The first-order valence-electron chi connectivity index (χ1n) is 9.76. The number of rotatable bonds is 6. The molecule has 0 fully saturated rings. The molecule has 0 unspecified atom stereocenters. The van der Waals surface area contributed by atoms with E-state index < -0.39 is 18.0 Å². The molecule has 4 rings (SSSR count). The van der Waals surface area contributed by atoms with Crippen LogP contribution in [0.25, 0.3) is 28.3 Å². The number of anilines is 1. The Morgan fingerprint density at radius 1 is 1.00 bits per heavy atom. The van der Waals surface area contributed by atoms with Gasteiger partial charge in [0.05, 0.1) is 5.56 Å². The van der Waals surface area contributed by atoms with Crippen molar-refractivity contribution >= 4 is 17.9 Å². The third kappa shape index (κ3) is 6.37. The smallest absolute Gasteiger partial charge is 0.330 e. The minimum Gasteiger partial charge on any atom is -0.330 e. The van der Waals surface area contributed by atoms with Gasteiger partial charge in [-0.3, -0.25) is 4.79 Å². The van der Waals surface area contributed by atoms with Crippen LogP contribution in [-0.4, -0.2) is 80.8 Å². The van der Waals surface area contributed by atoms with Crippen LogP contribution in [0.2, 0.25) is 0 Å². The molecule has 7 N–H and O–H groups in total. The number of aliphatic hydroxyl groups is 6. The second-order valence-corrected chi connectivity index (χ2v) is 7.10. The summed E-state index contributed by atoms with van der Waals surface area (Å²) < 4.78 is 15.7. The first-order chi connectivity index (χ1) is 16.4. The molecule has 0 atom stereocenters. The third-order valence-electron chi connectivity index (χ3n) is 4.63. The summed E-state index contributed by atoms with van der Waals surface area (Å²) in [4.78, 5) is 18.8. The van der Waals surface area contributed by atoms with Crippen molar-refractivity contribution in [2.24, 2.45) is 0 Å². The fraction of sp³-hybridized carbons (Fsp3) is 0.143. The normalized spacial score (nSPS) is 11.8. The van der Waals surface area contributed by atoms with Gasteiger partial charge >= 0.3 is 12.2 Å². The van der Waals surface area contributed by atoms with E-state index in [1.54, 1.807) is 12.4 Å². The number of carbonyl (C=O) groups excluding carboxylic acids is 1. The first-order valence-corrected chi connectivity index (χ1v) is 9.76. The van der Waals surface area contributed by atoms with Crippen molar-refractivity contribution in [2.45, 2.75) is 12.2 Å². The number of carbonyl (C=O) groups is 1. The zero-order valence-corrected chi connectivity index (χ0v) is 18.1. The van der Waals surface area contributed by atoms with Crippen LogP contribution in [0.3, 0.4) is 0 Å². The number of aromatic nitrogens is 4. The highest BCUT2D eigenvalue weighted by molar-refractivity contribution is 5.75. The molecule has 13 nitrogen and oxygen atoms in total. The largest absolute Gasteiger partial charge is 0.351 e. The highest BCUT2D eigenvalue weighted by Crippen LogP contribution is 2.24. The SMILES string of the molecule is CN(C(O)(O)O)C(O)(O)O.O=CNc1ccc(F)c(-c2nc3ncc(-c4ccccc4)cn3n2)c1. The molecule has 2 aromatic heterocycles. The van der Waals surface area contributed by atoms with Crippen LogP contribution in [0.1, 0.15) is 0 Å². The summed E-state index contributed by atoms with van der Waals surface area (Å²) >= 11 is 0. The highest BCUT2D eigenvalue weighted by atomic mass is 19.1. The number of hydrogen-bond donors (Lipinski definition) is 7. The van der Waals surface area contributed by atoms with Gasteiger partial charge in [0.2, 0.25) is 6.41 Å². The summed E-state index contributed by atoms with van der Waals surface area (Å²) in [7, 11) is 0.667. The predicted molar refractivity (Wildman–Crippen MR) is 118 cm³/mol. The Bertz CT molecular complexity index is 1290. The Morgan fingerprint density at radius 2 is 1.66 bits per heavy atom. The van der Waals surface area contributed by atoms with E-state index in [2.05, 4.69) is 20.4 Å². The van der Waals surface area contributed by atoms with E-state index >= 15 is 0 Å². The van der Waals surface area contributed by atoms with E-state index in [0.29, 0.717) is 24.9 Å². The van der Waals surface area contributed by atoms with Crippen LogP contribution in [0.5, 0.6) is 0 Å². The summed E-state index contributed by atoms with van der Waals surface area (Å²) in [5.74, 6) is 0.0863. The van der Waals surface area contributed by atoms with Gasteiger partial charge in [0.25, 0.3) is 5.78 Å². The Labute approximate surface area is 196 Å². The van der Waals surface area contributed by atoms with Gasteiger partial charge in [-0.1, -0.05) is 30.3 Å². The standard InChI is InChI=1S/C18H12FN5O.C3H9NO6/c19-16-7-6-14(21-11-25)8-15(16)17-22-18-20-9-13(10-24(18)23-17)12-4-2-1-3-5-12;1-4(2(5,6)7)3(8,9)10/h1-11H,(H,21,25);5-10H,1H3. The van der Waals surface area contributed by atoms with Crippen LogP contribution >= 0.6 is 0 Å². The Hall–Kier alpha value is -3.89. The molecule has 184 valence electrons. The van der Waals surface area contributed by atoms with Crippen molar-refractivity contribution < 1.29 is 39.8 Å². The number of amides is 1. The Kier molecular flexibility index (Phi) is 7.47. The summed E-state index contributed by atoms with van der Waals surface area (Å²) in [6.07, 6.45) is -2.93. The molecule has 0 bridgehead atoms. The van der Waals surface area contributed by atoms with E-state index in [0.717, 1.165) is 11.1 Å². The van der Waals surface area contributed by atoms with Gasteiger partial charge < -0.3 is 36.0 Å². The maximum Gasteiger partial charge on any atom is 0.351 e. The summed E-state index contributed by atoms with van der Waals surface area (Å²) in [5.41, 5.74) is 2.53. The van der Waals surface area contributed by atoms with Crippen molar-refractivity contribution in [3.8, 4) is 22.5 Å². The number of fused-ring (bicyclic) bond motifs is 1. The van der Waals surface area contributed by atoms with Gasteiger partial charge in [0.1, 0.15) is 5.82 Å². The third-order valence-corrected chi connectivity index (χ3v) is 4.63. The van der Waals surface area contributed by atoms with Crippen molar-refractivity contribution in [1.82, 2.24) is 24.5 Å². The molecule has 0 saturated carbocycles. The topological polar surface area (TPSA) is 197 Å². The minimum atomic E-state index is -3.47. The number of hydrogen-bond acceptors (Lipinski definition) is 11. The lowest BCUT2D eigenvalue weighted by molar-refractivity contribution is -0.503. The molecule has 0 aliphatic heterocycles. The van der Waals surface area contributed by atoms with Crippen molar-refractivity contribution in [1.29, 1.82) is 0 Å². The summed E-state index contributed by atoms with van der Waals surface area (Å²) in [6, 6.07) is 14.0. The van der Waals surface area contributed by atoms with Crippen LogP contribution in [0, 0.1) is 5.82 Å². The zero-order valence-electron chi connectivity index (χ0n) is 18.1. The lowest BCUT2D eigenvalue weighted by atomic mass is 10.1. The molecule has 2 heterocycles. The number of nitrogens with zero attached hydrogens (tertiary/aromatic N) is 5. The Morgan fingerprint density at radius 3 is 2.23 bits per heavy atom. The van der Waals surface area contributed by atoms with Gasteiger partial charge in [-0.2, -0.15) is 9.88 Å². The molecule has 35 heavy (non-hydrogen) atoms. The van der Waals surface area contributed by atoms with Crippen molar-refractivity contribution in [2.75, 3.05) is 12.4 Å². The number of halogens is 1. The maximum absolute atomic E-state index is 14.1. The van der Waals surface area contributed by atoms with Gasteiger partial charge in [-0.15, -0.1) is 5.10 Å². The first kappa shape index (κ1) is 25.7. The van der Waals surface area contributed by atoms with E-state index in [9.17, 15) is 9.18 Å². The lowest BCUT2D eigenvalue weighted by Gasteiger charge is -2.31. The number of nitrogens with one attached hydrogen (secondary N) is 1. The highest BCUT2D eigenvalue weighted by Gasteiger charge is 2.40. The molecule has 0 aliphatic carbocycles. The van der Waals surface area contributed by atoms with E-state index in [1.807, 2.05) is 30.3 Å². The van der Waals surface area contributed by atoms with E-state index in [-0.39, 0.29) is 16.3 Å². The van der Waals surface area contributed by atoms with Crippen LogP contribution in [0.15, 0.2) is 60.9 Å². The number of benzene rings is 2. The second kappa shape index (κ2) is 10.2. The second-order valence-electron chi connectivity index (χ2n) is 7.10. The molecular weight excluding hydrogens is 467 g/mol. The van der Waals surface area contributed by atoms with Crippen molar-refractivity contribution in [3.63, 3.8) is 0 Å².